The summed E-state index contributed by atoms with van der Waals surface area (Å²) in [5.74, 6) is 1.79. The van der Waals surface area contributed by atoms with Crippen LogP contribution in [0.2, 0.25) is 0 Å². The van der Waals surface area contributed by atoms with Crippen LogP contribution < -0.4 is 15.1 Å². The molecule has 4 rings (SSSR count). The highest BCUT2D eigenvalue weighted by molar-refractivity contribution is 5.84. The summed E-state index contributed by atoms with van der Waals surface area (Å²) in [6.07, 6.45) is 2.73. The van der Waals surface area contributed by atoms with E-state index in [2.05, 4.69) is 77.5 Å². The number of rotatable bonds is 8. The van der Waals surface area contributed by atoms with Gasteiger partial charge in [-0.25, -0.2) is 0 Å². The van der Waals surface area contributed by atoms with Crippen molar-refractivity contribution in [1.82, 2.24) is 5.32 Å². The van der Waals surface area contributed by atoms with Crippen LogP contribution in [0.15, 0.2) is 54.6 Å². The molecule has 0 radical (unpaired) electrons. The predicted molar refractivity (Wildman–Crippen MR) is 121 cm³/mol. The fourth-order valence-corrected chi connectivity index (χ4v) is 4.34. The van der Waals surface area contributed by atoms with Crippen molar-refractivity contribution in [3.8, 4) is 0 Å². The van der Waals surface area contributed by atoms with Crippen LogP contribution in [-0.2, 0) is 4.79 Å². The van der Waals surface area contributed by atoms with Crippen molar-refractivity contribution in [2.75, 3.05) is 42.5 Å². The highest BCUT2D eigenvalue weighted by atomic mass is 16.2. The van der Waals surface area contributed by atoms with Gasteiger partial charge in [0.2, 0.25) is 5.91 Å². The number of fused-ring (bicyclic) bond motifs is 1. The van der Waals surface area contributed by atoms with Crippen molar-refractivity contribution in [3.63, 3.8) is 0 Å². The summed E-state index contributed by atoms with van der Waals surface area (Å²) < 4.78 is 0. The summed E-state index contributed by atoms with van der Waals surface area (Å²) in [5, 5.41) is 3.20. The van der Waals surface area contributed by atoms with E-state index in [0.717, 1.165) is 25.6 Å². The van der Waals surface area contributed by atoms with Gasteiger partial charge < -0.3 is 15.1 Å². The zero-order chi connectivity index (χ0) is 20.2. The van der Waals surface area contributed by atoms with Gasteiger partial charge in [-0.05, 0) is 42.4 Å². The van der Waals surface area contributed by atoms with E-state index in [1.54, 1.807) is 0 Å². The van der Waals surface area contributed by atoms with Crippen molar-refractivity contribution >= 4 is 17.3 Å². The summed E-state index contributed by atoms with van der Waals surface area (Å²) >= 11 is 0. The van der Waals surface area contributed by atoms with E-state index < -0.39 is 0 Å². The van der Waals surface area contributed by atoms with Gasteiger partial charge in [-0.1, -0.05) is 56.3 Å². The van der Waals surface area contributed by atoms with Gasteiger partial charge in [-0.15, -0.1) is 0 Å². The number of nitrogens with zero attached hydrogens (tertiary/aromatic N) is 2. The Morgan fingerprint density at radius 3 is 2.24 bits per heavy atom. The van der Waals surface area contributed by atoms with Gasteiger partial charge in [0.05, 0.1) is 17.9 Å². The fourth-order valence-electron chi connectivity index (χ4n) is 4.34. The maximum atomic E-state index is 12.8. The third kappa shape index (κ3) is 4.92. The lowest BCUT2D eigenvalue weighted by Gasteiger charge is -2.38. The number of benzene rings is 2. The Bertz CT molecular complexity index is 816. The fraction of sp³-hybridized carbons (Fsp3) is 0.480. The normalized spacial score (nSPS) is 17.2. The number of para-hydroxylation sites is 2. The summed E-state index contributed by atoms with van der Waals surface area (Å²) in [6, 6.07) is 19.0. The van der Waals surface area contributed by atoms with E-state index in [0.29, 0.717) is 24.9 Å². The number of carbonyl (C=O) groups excluding carboxylic acids is 1. The maximum Gasteiger partial charge on any atom is 0.239 e. The van der Waals surface area contributed by atoms with Crippen LogP contribution in [0.3, 0.4) is 0 Å². The van der Waals surface area contributed by atoms with Gasteiger partial charge in [0.1, 0.15) is 0 Å². The van der Waals surface area contributed by atoms with Gasteiger partial charge in [0.25, 0.3) is 0 Å². The molecule has 1 unspecified atom stereocenters. The standard InChI is InChI=1S/C25H33N3O/c1-19(2)22(21-8-4-3-5-9-21)16-26-25(29)18-28-15-14-27(17-20-12-13-20)23-10-6-7-11-24(23)28/h3-11,19-20,22H,12-18H2,1-2H3,(H,26,29). The van der Waals surface area contributed by atoms with Crippen molar-refractivity contribution in [1.29, 1.82) is 0 Å². The van der Waals surface area contributed by atoms with Crippen molar-refractivity contribution in [2.24, 2.45) is 11.8 Å². The Hall–Kier alpha value is -2.49. The van der Waals surface area contributed by atoms with E-state index in [9.17, 15) is 4.79 Å². The summed E-state index contributed by atoms with van der Waals surface area (Å²) in [4.78, 5) is 17.5. The number of hydrogen-bond donors (Lipinski definition) is 1. The molecule has 1 fully saturated rings. The van der Waals surface area contributed by atoms with Crippen LogP contribution in [0.1, 0.15) is 38.2 Å². The predicted octanol–water partition coefficient (Wildman–Crippen LogP) is 4.28. The molecule has 154 valence electrons. The van der Waals surface area contributed by atoms with Crippen molar-refractivity contribution < 1.29 is 4.79 Å². The zero-order valence-electron chi connectivity index (χ0n) is 17.7. The number of hydrogen-bond acceptors (Lipinski definition) is 3. The SMILES string of the molecule is CC(C)C(CNC(=O)CN1CCN(CC2CC2)c2ccccc21)c1ccccc1. The molecule has 4 nitrogen and oxygen atoms in total. The second-order valence-electron chi connectivity index (χ2n) is 8.86. The van der Waals surface area contributed by atoms with E-state index in [1.165, 1.54) is 29.8 Å². The topological polar surface area (TPSA) is 35.6 Å². The Morgan fingerprint density at radius 2 is 1.59 bits per heavy atom. The van der Waals surface area contributed by atoms with E-state index in [1.807, 2.05) is 6.07 Å². The molecule has 1 aliphatic heterocycles. The number of nitrogens with one attached hydrogen (secondary N) is 1. The lowest BCUT2D eigenvalue weighted by Crippen LogP contribution is -2.46. The first-order valence-electron chi connectivity index (χ1n) is 11.0. The smallest absolute Gasteiger partial charge is 0.239 e. The van der Waals surface area contributed by atoms with Crippen LogP contribution in [0.5, 0.6) is 0 Å². The average molecular weight is 392 g/mol. The van der Waals surface area contributed by atoms with Crippen LogP contribution in [0.4, 0.5) is 11.4 Å². The van der Waals surface area contributed by atoms with Crippen LogP contribution >= 0.6 is 0 Å². The molecule has 1 atom stereocenters. The molecule has 1 N–H and O–H groups in total. The first kappa shape index (κ1) is 19.8. The molecule has 0 aromatic heterocycles. The van der Waals surface area contributed by atoms with Gasteiger partial charge in [0.15, 0.2) is 0 Å². The molecule has 2 aliphatic rings. The molecule has 1 amide bonds. The van der Waals surface area contributed by atoms with E-state index in [-0.39, 0.29) is 5.91 Å². The maximum absolute atomic E-state index is 12.8. The quantitative estimate of drug-likeness (QED) is 0.730. The number of anilines is 2. The summed E-state index contributed by atoms with van der Waals surface area (Å²) in [5.41, 5.74) is 3.77. The Kier molecular flexibility index (Phi) is 6.08. The van der Waals surface area contributed by atoms with Crippen LogP contribution in [0, 0.1) is 11.8 Å². The highest BCUT2D eigenvalue weighted by Crippen LogP contribution is 2.37. The van der Waals surface area contributed by atoms with Gasteiger partial charge in [-0.2, -0.15) is 0 Å². The monoisotopic (exact) mass is 391 g/mol. The van der Waals surface area contributed by atoms with Gasteiger partial charge in [0, 0.05) is 32.1 Å². The molecule has 1 aliphatic carbocycles. The highest BCUT2D eigenvalue weighted by Gasteiger charge is 2.29. The molecule has 2 aromatic rings. The molecule has 0 bridgehead atoms. The molecular weight excluding hydrogens is 358 g/mol. The van der Waals surface area contributed by atoms with Crippen molar-refractivity contribution in [2.45, 2.75) is 32.6 Å². The van der Waals surface area contributed by atoms with Gasteiger partial charge in [-0.3, -0.25) is 4.79 Å². The minimum Gasteiger partial charge on any atom is -0.368 e. The largest absolute Gasteiger partial charge is 0.368 e. The lowest BCUT2D eigenvalue weighted by molar-refractivity contribution is -0.119. The van der Waals surface area contributed by atoms with Crippen molar-refractivity contribution in [3.05, 3.63) is 60.2 Å². The summed E-state index contributed by atoms with van der Waals surface area (Å²) in [6.45, 7) is 8.61. The summed E-state index contributed by atoms with van der Waals surface area (Å²) in [7, 11) is 0. The third-order valence-corrected chi connectivity index (χ3v) is 6.26. The van der Waals surface area contributed by atoms with Crippen LogP contribution in [0.25, 0.3) is 0 Å². The lowest BCUT2D eigenvalue weighted by atomic mass is 9.88. The van der Waals surface area contributed by atoms with E-state index in [4.69, 9.17) is 0 Å². The zero-order valence-corrected chi connectivity index (χ0v) is 17.7. The molecule has 1 heterocycles. The minimum absolute atomic E-state index is 0.108. The van der Waals surface area contributed by atoms with Crippen LogP contribution in [-0.4, -0.2) is 38.6 Å². The third-order valence-electron chi connectivity index (χ3n) is 6.26. The molecule has 1 saturated carbocycles. The molecule has 0 saturated heterocycles. The van der Waals surface area contributed by atoms with E-state index >= 15 is 0 Å². The molecule has 29 heavy (non-hydrogen) atoms. The average Bonchev–Trinajstić information content (AvgIpc) is 3.55. The second kappa shape index (κ2) is 8.89. The van der Waals surface area contributed by atoms with Gasteiger partial charge >= 0.3 is 0 Å². The molecular formula is C25H33N3O. The Morgan fingerprint density at radius 1 is 0.966 bits per heavy atom. The molecule has 4 heteroatoms. The Balaban J connectivity index is 1.37. The first-order valence-corrected chi connectivity index (χ1v) is 11.0. The molecule has 0 spiro atoms. The first-order chi connectivity index (χ1) is 14.1. The number of carbonyl (C=O) groups is 1. The number of amides is 1. The second-order valence-corrected chi connectivity index (χ2v) is 8.86. The molecule has 2 aromatic carbocycles. The minimum atomic E-state index is 0.108. The Labute approximate surface area is 174 Å².